The van der Waals surface area contributed by atoms with E-state index in [1.54, 1.807) is 12.1 Å². The van der Waals surface area contributed by atoms with Crippen molar-refractivity contribution >= 4 is 23.4 Å². The normalized spacial score (nSPS) is 18.3. The SMILES string of the molecule is O=C(O)N1C[C@H](CNc2ncn(Cc3ccc(C(F)(F)F)s3)c(=O)n2)[C@@H](c2ccc(F)cc2)C1. The number of anilines is 1. The third kappa shape index (κ3) is 5.35. The second-order valence-electron chi connectivity index (χ2n) is 7.84. The fourth-order valence-electron chi connectivity index (χ4n) is 3.88. The van der Waals surface area contributed by atoms with Gasteiger partial charge in [0.15, 0.2) is 0 Å². The van der Waals surface area contributed by atoms with Gasteiger partial charge in [0.25, 0.3) is 0 Å². The minimum absolute atomic E-state index is 0.0232. The maximum Gasteiger partial charge on any atom is 0.425 e. The first-order valence-corrected chi connectivity index (χ1v) is 11.0. The highest BCUT2D eigenvalue weighted by Crippen LogP contribution is 2.35. The Morgan fingerprint density at radius 2 is 1.91 bits per heavy atom. The zero-order chi connectivity index (χ0) is 24.5. The van der Waals surface area contributed by atoms with E-state index in [1.807, 2.05) is 0 Å². The van der Waals surface area contributed by atoms with Crippen molar-refractivity contribution in [3.05, 3.63) is 74.3 Å². The van der Waals surface area contributed by atoms with Crippen molar-refractivity contribution in [3.8, 4) is 0 Å². The maximum atomic E-state index is 13.3. The van der Waals surface area contributed by atoms with E-state index in [-0.39, 0.29) is 44.0 Å². The van der Waals surface area contributed by atoms with Gasteiger partial charge in [-0.2, -0.15) is 18.2 Å². The first-order chi connectivity index (χ1) is 16.1. The Labute approximate surface area is 194 Å². The molecule has 4 rings (SSSR count). The first kappa shape index (κ1) is 23.7. The Morgan fingerprint density at radius 3 is 2.53 bits per heavy atom. The van der Waals surface area contributed by atoms with Gasteiger partial charge in [-0.3, -0.25) is 4.57 Å². The van der Waals surface area contributed by atoms with Crippen molar-refractivity contribution in [1.29, 1.82) is 0 Å². The van der Waals surface area contributed by atoms with Gasteiger partial charge in [-0.1, -0.05) is 12.1 Å². The average molecular weight is 497 g/mol. The molecule has 2 aromatic heterocycles. The molecule has 1 aliphatic heterocycles. The lowest BCUT2D eigenvalue weighted by molar-refractivity contribution is -0.134. The lowest BCUT2D eigenvalue weighted by Gasteiger charge is -2.19. The van der Waals surface area contributed by atoms with E-state index in [4.69, 9.17) is 0 Å². The van der Waals surface area contributed by atoms with E-state index in [1.165, 1.54) is 29.4 Å². The van der Waals surface area contributed by atoms with Crippen molar-refractivity contribution in [3.63, 3.8) is 0 Å². The maximum absolute atomic E-state index is 13.3. The van der Waals surface area contributed by atoms with Crippen molar-refractivity contribution in [2.24, 2.45) is 5.92 Å². The summed E-state index contributed by atoms with van der Waals surface area (Å²) >= 11 is 0.544. The fourth-order valence-corrected chi connectivity index (χ4v) is 4.75. The molecule has 0 aliphatic carbocycles. The van der Waals surface area contributed by atoms with Crippen LogP contribution < -0.4 is 11.0 Å². The Kier molecular flexibility index (Phi) is 6.55. The summed E-state index contributed by atoms with van der Waals surface area (Å²) in [5.74, 6) is -0.738. The number of carbonyl (C=O) groups is 1. The molecule has 0 saturated carbocycles. The van der Waals surface area contributed by atoms with E-state index in [2.05, 4.69) is 15.3 Å². The lowest BCUT2D eigenvalue weighted by Crippen LogP contribution is -2.29. The van der Waals surface area contributed by atoms with Crippen molar-refractivity contribution in [2.45, 2.75) is 18.6 Å². The number of benzene rings is 1. The van der Waals surface area contributed by atoms with E-state index < -0.39 is 28.7 Å². The Bertz CT molecular complexity index is 1230. The topological polar surface area (TPSA) is 100 Å². The molecule has 2 atom stereocenters. The molecule has 1 aliphatic rings. The molecule has 8 nitrogen and oxygen atoms in total. The Balaban J connectivity index is 1.43. The van der Waals surface area contributed by atoms with Crippen LogP contribution in [0.3, 0.4) is 0 Å². The standard InChI is InChI=1S/C21H19F4N5O3S/c22-14-3-1-12(2-4-14)16-10-29(20(32)33)8-13(16)7-26-18-27-11-30(19(31)28-18)9-15-5-6-17(34-15)21(23,24)25/h1-6,11,13,16H,7-10H2,(H,32,33)(H,26,28,31)/t13-,16+/m0/s1. The van der Waals surface area contributed by atoms with Crippen LogP contribution in [0.1, 0.15) is 21.2 Å². The summed E-state index contributed by atoms with van der Waals surface area (Å²) in [6.07, 6.45) is -4.31. The smallest absolute Gasteiger partial charge is 0.425 e. The molecule has 180 valence electrons. The van der Waals surface area contributed by atoms with Gasteiger partial charge in [0.1, 0.15) is 17.0 Å². The molecule has 0 bridgehead atoms. The van der Waals surface area contributed by atoms with E-state index in [0.29, 0.717) is 16.2 Å². The molecule has 0 radical (unpaired) electrons. The van der Waals surface area contributed by atoms with Gasteiger partial charge in [0, 0.05) is 36.3 Å². The average Bonchev–Trinajstić information content (AvgIpc) is 3.42. The number of halogens is 4. The second-order valence-corrected chi connectivity index (χ2v) is 9.01. The third-order valence-corrected chi connectivity index (χ3v) is 6.68. The van der Waals surface area contributed by atoms with Crippen molar-refractivity contribution < 1.29 is 27.5 Å². The number of nitrogens with one attached hydrogen (secondary N) is 1. The van der Waals surface area contributed by atoms with Crippen molar-refractivity contribution in [2.75, 3.05) is 25.0 Å². The highest BCUT2D eigenvalue weighted by atomic mass is 32.1. The number of hydrogen-bond donors (Lipinski definition) is 2. The van der Waals surface area contributed by atoms with Crippen LogP contribution in [-0.2, 0) is 12.7 Å². The van der Waals surface area contributed by atoms with E-state index >= 15 is 0 Å². The molecule has 3 aromatic rings. The number of nitrogens with zero attached hydrogens (tertiary/aromatic N) is 4. The summed E-state index contributed by atoms with van der Waals surface area (Å²) in [5, 5.41) is 12.3. The predicted molar refractivity (Wildman–Crippen MR) is 115 cm³/mol. The number of alkyl halides is 3. The van der Waals surface area contributed by atoms with Crippen LogP contribution in [0, 0.1) is 11.7 Å². The van der Waals surface area contributed by atoms with Gasteiger partial charge in [-0.25, -0.2) is 19.0 Å². The predicted octanol–water partition coefficient (Wildman–Crippen LogP) is 3.71. The number of amides is 1. The van der Waals surface area contributed by atoms with Crippen LogP contribution in [0.25, 0.3) is 0 Å². The minimum atomic E-state index is -4.44. The van der Waals surface area contributed by atoms with Crippen LogP contribution in [0.2, 0.25) is 0 Å². The molecule has 1 amide bonds. The third-order valence-electron chi connectivity index (χ3n) is 5.57. The highest BCUT2D eigenvalue weighted by Gasteiger charge is 2.36. The minimum Gasteiger partial charge on any atom is -0.465 e. The highest BCUT2D eigenvalue weighted by molar-refractivity contribution is 7.12. The quantitative estimate of drug-likeness (QED) is 0.504. The van der Waals surface area contributed by atoms with Gasteiger partial charge in [0.05, 0.1) is 6.54 Å². The molecular formula is C21H19F4N5O3S. The molecule has 13 heteroatoms. The molecule has 3 heterocycles. The van der Waals surface area contributed by atoms with Gasteiger partial charge in [0.2, 0.25) is 5.95 Å². The van der Waals surface area contributed by atoms with Crippen molar-refractivity contribution in [1.82, 2.24) is 19.4 Å². The molecule has 34 heavy (non-hydrogen) atoms. The number of thiophene rings is 1. The summed E-state index contributed by atoms with van der Waals surface area (Å²) in [6.45, 7) is 0.649. The largest absolute Gasteiger partial charge is 0.465 e. The van der Waals surface area contributed by atoms with Crippen LogP contribution in [0.4, 0.5) is 28.3 Å². The summed E-state index contributed by atoms with van der Waals surface area (Å²) in [7, 11) is 0. The van der Waals surface area contributed by atoms with Gasteiger partial charge >= 0.3 is 18.0 Å². The van der Waals surface area contributed by atoms with Crippen LogP contribution in [0.15, 0.2) is 47.5 Å². The molecule has 0 spiro atoms. The number of likely N-dealkylation sites (tertiary alicyclic amines) is 1. The van der Waals surface area contributed by atoms with Crippen LogP contribution >= 0.6 is 11.3 Å². The number of aromatic nitrogens is 3. The van der Waals surface area contributed by atoms with Gasteiger partial charge in [-0.05, 0) is 29.8 Å². The van der Waals surface area contributed by atoms with Gasteiger partial charge in [-0.15, -0.1) is 11.3 Å². The Morgan fingerprint density at radius 1 is 1.18 bits per heavy atom. The second kappa shape index (κ2) is 9.41. The molecular weight excluding hydrogens is 478 g/mol. The number of rotatable bonds is 6. The number of carboxylic acid groups (broad SMARTS) is 1. The summed E-state index contributed by atoms with van der Waals surface area (Å²) in [4.78, 5) is 32.5. The number of hydrogen-bond acceptors (Lipinski definition) is 6. The summed E-state index contributed by atoms with van der Waals surface area (Å²) < 4.78 is 52.7. The van der Waals surface area contributed by atoms with E-state index in [0.717, 1.165) is 16.2 Å². The van der Waals surface area contributed by atoms with Crippen LogP contribution in [-0.4, -0.2) is 50.3 Å². The molecule has 1 fully saturated rings. The molecule has 1 saturated heterocycles. The van der Waals surface area contributed by atoms with Gasteiger partial charge < -0.3 is 15.3 Å². The van der Waals surface area contributed by atoms with Crippen LogP contribution in [0.5, 0.6) is 0 Å². The lowest BCUT2D eigenvalue weighted by atomic mass is 9.89. The Hall–Kier alpha value is -3.48. The zero-order valence-electron chi connectivity index (χ0n) is 17.5. The summed E-state index contributed by atoms with van der Waals surface area (Å²) in [5.41, 5.74) is 0.107. The zero-order valence-corrected chi connectivity index (χ0v) is 18.3. The molecule has 2 N–H and O–H groups in total. The fraction of sp³-hybridized carbons (Fsp3) is 0.333. The molecule has 0 unspecified atom stereocenters. The summed E-state index contributed by atoms with van der Waals surface area (Å²) in [6, 6.07) is 8.13. The monoisotopic (exact) mass is 497 g/mol. The van der Waals surface area contributed by atoms with E-state index in [9.17, 15) is 32.3 Å². The molecule has 1 aromatic carbocycles. The first-order valence-electron chi connectivity index (χ1n) is 10.2.